The second-order valence-electron chi connectivity index (χ2n) is 16.1. The van der Waals surface area contributed by atoms with Crippen LogP contribution in [0.5, 0.6) is 0 Å². The molecule has 63 heavy (non-hydrogen) atoms. The number of fused-ring (bicyclic) bond motifs is 6. The molecule has 3 heteroatoms. The van der Waals surface area contributed by atoms with E-state index in [1.807, 2.05) is 12.1 Å². The van der Waals surface area contributed by atoms with Crippen molar-refractivity contribution >= 4 is 60.8 Å². The zero-order valence-electron chi connectivity index (χ0n) is 34.4. The second kappa shape index (κ2) is 15.3. The Morgan fingerprint density at radius 1 is 0.302 bits per heavy atom. The predicted molar refractivity (Wildman–Crippen MR) is 264 cm³/mol. The maximum absolute atomic E-state index is 6.20. The first-order valence-corrected chi connectivity index (χ1v) is 21.5. The molecule has 0 radical (unpaired) electrons. The minimum Gasteiger partial charge on any atom is -0.456 e. The van der Waals surface area contributed by atoms with Crippen LogP contribution in [0, 0.1) is 0 Å². The molecular formula is C60H40N2O. The van der Waals surface area contributed by atoms with Gasteiger partial charge in [-0.25, -0.2) is 0 Å². The molecule has 0 aliphatic heterocycles. The molecule has 0 bridgehead atoms. The molecule has 3 nitrogen and oxygen atoms in total. The van der Waals surface area contributed by atoms with E-state index in [2.05, 4.69) is 240 Å². The van der Waals surface area contributed by atoms with Crippen LogP contribution in [-0.4, -0.2) is 4.57 Å². The lowest BCUT2D eigenvalue weighted by atomic mass is 9.96. The zero-order valence-corrected chi connectivity index (χ0v) is 34.4. The van der Waals surface area contributed by atoms with E-state index in [0.717, 1.165) is 66.9 Å². The van der Waals surface area contributed by atoms with Gasteiger partial charge in [-0.3, -0.25) is 0 Å². The molecule has 0 aliphatic rings. The maximum atomic E-state index is 6.20. The highest BCUT2D eigenvalue weighted by molar-refractivity contribution is 6.12. The second-order valence-corrected chi connectivity index (χ2v) is 16.1. The molecule has 2 aromatic heterocycles. The summed E-state index contributed by atoms with van der Waals surface area (Å²) in [5.74, 6) is 0. The Balaban J connectivity index is 0.925. The van der Waals surface area contributed by atoms with Gasteiger partial charge in [-0.1, -0.05) is 182 Å². The van der Waals surface area contributed by atoms with Gasteiger partial charge in [0, 0.05) is 44.0 Å². The van der Waals surface area contributed by atoms with Gasteiger partial charge in [-0.2, -0.15) is 0 Å². The van der Waals surface area contributed by atoms with Crippen molar-refractivity contribution in [2.45, 2.75) is 0 Å². The van der Waals surface area contributed by atoms with Crippen molar-refractivity contribution in [2.24, 2.45) is 0 Å². The largest absolute Gasteiger partial charge is 0.456 e. The molecule has 0 spiro atoms. The van der Waals surface area contributed by atoms with E-state index in [1.165, 1.54) is 44.1 Å². The van der Waals surface area contributed by atoms with E-state index >= 15 is 0 Å². The Morgan fingerprint density at radius 3 is 1.46 bits per heavy atom. The summed E-state index contributed by atoms with van der Waals surface area (Å²) < 4.78 is 8.61. The topological polar surface area (TPSA) is 21.3 Å². The number of anilines is 3. The Morgan fingerprint density at radius 2 is 0.762 bits per heavy atom. The predicted octanol–water partition coefficient (Wildman–Crippen LogP) is 16.8. The molecule has 0 N–H and O–H groups in total. The smallest absolute Gasteiger partial charge is 0.136 e. The lowest BCUT2D eigenvalue weighted by molar-refractivity contribution is 0.669. The first kappa shape index (κ1) is 36.5. The highest BCUT2D eigenvalue weighted by atomic mass is 16.3. The number of para-hydroxylation sites is 5. The molecule has 0 fully saturated rings. The van der Waals surface area contributed by atoms with Crippen LogP contribution in [0.1, 0.15) is 0 Å². The molecule has 0 unspecified atom stereocenters. The molecule has 12 rings (SSSR count). The number of benzene rings is 10. The van der Waals surface area contributed by atoms with Crippen LogP contribution < -0.4 is 4.90 Å². The van der Waals surface area contributed by atoms with E-state index in [0.29, 0.717) is 0 Å². The first-order valence-electron chi connectivity index (χ1n) is 21.5. The average molecular weight is 805 g/mol. The van der Waals surface area contributed by atoms with Crippen molar-refractivity contribution in [3.63, 3.8) is 0 Å². The van der Waals surface area contributed by atoms with Gasteiger partial charge < -0.3 is 13.9 Å². The molecule has 296 valence electrons. The van der Waals surface area contributed by atoms with Crippen LogP contribution in [-0.2, 0) is 0 Å². The Labute approximate surface area is 366 Å². The van der Waals surface area contributed by atoms with Crippen molar-refractivity contribution in [3.05, 3.63) is 243 Å². The van der Waals surface area contributed by atoms with Gasteiger partial charge in [-0.15, -0.1) is 0 Å². The summed E-state index contributed by atoms with van der Waals surface area (Å²) in [6.45, 7) is 0. The van der Waals surface area contributed by atoms with Gasteiger partial charge >= 0.3 is 0 Å². The van der Waals surface area contributed by atoms with Gasteiger partial charge in [0.1, 0.15) is 11.2 Å². The van der Waals surface area contributed by atoms with Crippen LogP contribution in [0.3, 0.4) is 0 Å². The number of hydrogen-bond donors (Lipinski definition) is 0. The third-order valence-electron chi connectivity index (χ3n) is 12.4. The monoisotopic (exact) mass is 804 g/mol. The SMILES string of the molecule is c1ccc(-c2ccccc2N(c2ccc(-c3ccc(-c4cccc5oc6ccccc6c45)cc3)cc2)c2ccc(-c3ccccc3-n3c4ccccc4c4ccccc43)cc2)cc1. The molecular weight excluding hydrogens is 765 g/mol. The first-order chi connectivity index (χ1) is 31.3. The number of nitrogens with zero attached hydrogens (tertiary/aromatic N) is 2. The van der Waals surface area contributed by atoms with E-state index in [4.69, 9.17) is 4.42 Å². The average Bonchev–Trinajstić information content (AvgIpc) is 3.91. The Hall–Kier alpha value is -8.40. The van der Waals surface area contributed by atoms with Crippen LogP contribution in [0.4, 0.5) is 17.1 Å². The minimum atomic E-state index is 0.908. The highest BCUT2D eigenvalue weighted by Crippen LogP contribution is 2.43. The Bertz CT molecular complexity index is 3550. The van der Waals surface area contributed by atoms with Crippen LogP contribution in [0.2, 0.25) is 0 Å². The summed E-state index contributed by atoms with van der Waals surface area (Å²) in [7, 11) is 0. The molecule has 0 amide bonds. The summed E-state index contributed by atoms with van der Waals surface area (Å²) in [5, 5.41) is 4.80. The molecule has 2 heterocycles. The van der Waals surface area contributed by atoms with Gasteiger partial charge in [-0.05, 0) is 94.0 Å². The van der Waals surface area contributed by atoms with Crippen molar-refractivity contribution in [2.75, 3.05) is 4.90 Å². The van der Waals surface area contributed by atoms with Crippen LogP contribution >= 0.6 is 0 Å². The van der Waals surface area contributed by atoms with E-state index in [1.54, 1.807) is 0 Å². The third kappa shape index (κ3) is 6.29. The summed E-state index contributed by atoms with van der Waals surface area (Å²) in [5.41, 5.74) is 18.0. The molecule has 0 aliphatic carbocycles. The van der Waals surface area contributed by atoms with E-state index in [9.17, 15) is 0 Å². The molecule has 0 saturated carbocycles. The summed E-state index contributed by atoms with van der Waals surface area (Å²) in [6, 6.07) is 87.1. The molecule has 0 atom stereocenters. The van der Waals surface area contributed by atoms with Gasteiger partial charge in [0.2, 0.25) is 0 Å². The van der Waals surface area contributed by atoms with E-state index < -0.39 is 0 Å². The maximum Gasteiger partial charge on any atom is 0.136 e. The lowest BCUT2D eigenvalue weighted by Gasteiger charge is -2.28. The number of aromatic nitrogens is 1. The summed E-state index contributed by atoms with van der Waals surface area (Å²) >= 11 is 0. The lowest BCUT2D eigenvalue weighted by Crippen LogP contribution is -2.11. The normalized spacial score (nSPS) is 11.5. The quantitative estimate of drug-likeness (QED) is 0.153. The fraction of sp³-hybridized carbons (Fsp3) is 0. The van der Waals surface area contributed by atoms with Crippen LogP contribution in [0.25, 0.3) is 93.9 Å². The number of furan rings is 1. The van der Waals surface area contributed by atoms with Crippen molar-refractivity contribution < 1.29 is 4.42 Å². The fourth-order valence-corrected chi connectivity index (χ4v) is 9.50. The minimum absolute atomic E-state index is 0.908. The van der Waals surface area contributed by atoms with E-state index in [-0.39, 0.29) is 0 Å². The number of rotatable bonds is 8. The van der Waals surface area contributed by atoms with Crippen LogP contribution in [0.15, 0.2) is 247 Å². The van der Waals surface area contributed by atoms with Gasteiger partial charge in [0.05, 0.1) is 22.4 Å². The third-order valence-corrected chi connectivity index (χ3v) is 12.4. The van der Waals surface area contributed by atoms with Crippen molar-refractivity contribution in [1.29, 1.82) is 0 Å². The van der Waals surface area contributed by atoms with Crippen molar-refractivity contribution in [1.82, 2.24) is 4.57 Å². The van der Waals surface area contributed by atoms with Gasteiger partial charge in [0.15, 0.2) is 0 Å². The summed E-state index contributed by atoms with van der Waals surface area (Å²) in [6.07, 6.45) is 0. The number of hydrogen-bond acceptors (Lipinski definition) is 2. The summed E-state index contributed by atoms with van der Waals surface area (Å²) in [4.78, 5) is 2.38. The van der Waals surface area contributed by atoms with Crippen molar-refractivity contribution in [3.8, 4) is 50.2 Å². The molecule has 10 aromatic carbocycles. The molecule has 12 aromatic rings. The zero-order chi connectivity index (χ0) is 41.7. The van der Waals surface area contributed by atoms with Gasteiger partial charge in [0.25, 0.3) is 0 Å². The highest BCUT2D eigenvalue weighted by Gasteiger charge is 2.20. The standard InChI is InChI=1S/C60H40N2O/c1-2-15-43(16-3-1)48-17-4-9-23-54(48)61(46-37-33-42(34-38-46)41-29-31-45(32-30-41)50-22-14-28-59-60(50)53-21-8-13-27-58(53)63-59)47-39-35-44(36-40-47)49-18-5-10-24-55(49)62-56-25-11-6-19-51(56)52-20-7-12-26-57(52)62/h1-40H. The Kier molecular flexibility index (Phi) is 8.83. The molecule has 0 saturated heterocycles. The fourth-order valence-electron chi connectivity index (χ4n) is 9.50.